The Kier molecular flexibility index (Phi) is 6.07. The zero-order chi connectivity index (χ0) is 15.1. The lowest BCUT2D eigenvalue weighted by molar-refractivity contribution is -0.0498. The summed E-state index contributed by atoms with van der Waals surface area (Å²) in [4.78, 5) is 5.25. The van der Waals surface area contributed by atoms with E-state index in [0.717, 1.165) is 24.9 Å². The molecule has 1 N–H and O–H groups in total. The van der Waals surface area contributed by atoms with E-state index >= 15 is 0 Å². The van der Waals surface area contributed by atoms with Crippen molar-refractivity contribution in [1.29, 1.82) is 0 Å². The predicted molar refractivity (Wildman–Crippen MR) is 79.8 cm³/mol. The molecule has 1 aromatic heterocycles. The minimum atomic E-state index is -2.77. The van der Waals surface area contributed by atoms with Crippen molar-refractivity contribution in [2.45, 2.75) is 39.0 Å². The molecular weight excluding hydrogens is 294 g/mol. The monoisotopic (exact) mass is 312 g/mol. The summed E-state index contributed by atoms with van der Waals surface area (Å²) in [6, 6.07) is 7.19. The molecule has 0 aliphatic rings. The molecule has 0 amide bonds. The number of alkyl halides is 2. The van der Waals surface area contributed by atoms with Gasteiger partial charge in [0.2, 0.25) is 0 Å². The zero-order valence-electron chi connectivity index (χ0n) is 11.8. The van der Waals surface area contributed by atoms with E-state index in [2.05, 4.69) is 22.0 Å². The summed E-state index contributed by atoms with van der Waals surface area (Å²) in [5, 5.41) is 3.44. The summed E-state index contributed by atoms with van der Waals surface area (Å²) in [7, 11) is 0. The van der Waals surface area contributed by atoms with E-state index in [1.807, 2.05) is 23.8 Å². The number of halogens is 2. The van der Waals surface area contributed by atoms with Crippen LogP contribution < -0.4 is 10.1 Å². The third kappa shape index (κ3) is 5.77. The Morgan fingerprint density at radius 3 is 2.67 bits per heavy atom. The molecule has 0 radical (unpaired) electrons. The maximum Gasteiger partial charge on any atom is 0.387 e. The van der Waals surface area contributed by atoms with Crippen molar-refractivity contribution in [2.75, 3.05) is 0 Å². The average molecular weight is 312 g/mol. The maximum absolute atomic E-state index is 12.0. The van der Waals surface area contributed by atoms with Gasteiger partial charge in [0, 0.05) is 23.7 Å². The van der Waals surface area contributed by atoms with Crippen LogP contribution in [-0.2, 0) is 13.0 Å². The van der Waals surface area contributed by atoms with Crippen LogP contribution in [0.15, 0.2) is 36.0 Å². The molecule has 2 aromatic rings. The molecule has 6 heteroatoms. The molecule has 1 unspecified atom stereocenters. The molecule has 0 saturated carbocycles. The van der Waals surface area contributed by atoms with Crippen molar-refractivity contribution in [1.82, 2.24) is 10.3 Å². The third-order valence-electron chi connectivity index (χ3n) is 3.12. The van der Waals surface area contributed by atoms with E-state index in [9.17, 15) is 8.78 Å². The lowest BCUT2D eigenvalue weighted by Gasteiger charge is -2.13. The predicted octanol–water partition coefficient (Wildman–Crippen LogP) is 3.86. The summed E-state index contributed by atoms with van der Waals surface area (Å²) in [6.45, 7) is 0.189. The smallest absolute Gasteiger partial charge is 0.387 e. The molecule has 114 valence electrons. The SMILES string of the molecule is CC(CCc1ccc(OC(F)F)cc1)NCc1cncs1. The van der Waals surface area contributed by atoms with Crippen molar-refractivity contribution in [3.05, 3.63) is 46.4 Å². The number of aryl methyl sites for hydroxylation is 1. The zero-order valence-corrected chi connectivity index (χ0v) is 12.6. The van der Waals surface area contributed by atoms with Crippen LogP contribution in [0.4, 0.5) is 8.78 Å². The number of nitrogens with zero attached hydrogens (tertiary/aromatic N) is 1. The molecule has 0 saturated heterocycles. The van der Waals surface area contributed by atoms with Crippen LogP contribution in [-0.4, -0.2) is 17.6 Å². The first-order valence-electron chi connectivity index (χ1n) is 6.78. The number of benzene rings is 1. The van der Waals surface area contributed by atoms with Gasteiger partial charge >= 0.3 is 6.61 Å². The maximum atomic E-state index is 12.0. The van der Waals surface area contributed by atoms with Crippen LogP contribution >= 0.6 is 11.3 Å². The van der Waals surface area contributed by atoms with Gasteiger partial charge in [0.25, 0.3) is 0 Å². The van der Waals surface area contributed by atoms with Gasteiger partial charge in [0.1, 0.15) is 5.75 Å². The lowest BCUT2D eigenvalue weighted by atomic mass is 10.1. The molecule has 3 nitrogen and oxygen atoms in total. The topological polar surface area (TPSA) is 34.1 Å². The number of ether oxygens (including phenoxy) is 1. The molecule has 1 atom stereocenters. The van der Waals surface area contributed by atoms with Crippen LogP contribution in [0.5, 0.6) is 5.75 Å². The van der Waals surface area contributed by atoms with Gasteiger partial charge in [0.15, 0.2) is 0 Å². The van der Waals surface area contributed by atoms with E-state index in [-0.39, 0.29) is 5.75 Å². The number of hydrogen-bond donors (Lipinski definition) is 1. The molecule has 0 bridgehead atoms. The first-order valence-corrected chi connectivity index (χ1v) is 7.66. The van der Waals surface area contributed by atoms with Crippen molar-refractivity contribution in [2.24, 2.45) is 0 Å². The third-order valence-corrected chi connectivity index (χ3v) is 3.90. The number of hydrogen-bond acceptors (Lipinski definition) is 4. The first-order chi connectivity index (χ1) is 10.1. The molecule has 0 aliphatic heterocycles. The Labute approximate surface area is 127 Å². The highest BCUT2D eigenvalue weighted by Crippen LogP contribution is 2.16. The Balaban J connectivity index is 1.71. The number of thiazole rings is 1. The minimum Gasteiger partial charge on any atom is -0.435 e. The Hall–Kier alpha value is -1.53. The Morgan fingerprint density at radius 1 is 1.29 bits per heavy atom. The number of aromatic nitrogens is 1. The largest absolute Gasteiger partial charge is 0.435 e. The number of rotatable bonds is 8. The van der Waals surface area contributed by atoms with E-state index in [4.69, 9.17) is 0 Å². The van der Waals surface area contributed by atoms with Crippen molar-refractivity contribution >= 4 is 11.3 Å². The second kappa shape index (κ2) is 8.05. The van der Waals surface area contributed by atoms with Crippen LogP contribution in [0.2, 0.25) is 0 Å². The van der Waals surface area contributed by atoms with E-state index < -0.39 is 6.61 Å². The van der Waals surface area contributed by atoms with Gasteiger partial charge in [-0.1, -0.05) is 12.1 Å². The molecule has 1 heterocycles. The molecule has 0 aliphatic carbocycles. The molecule has 0 spiro atoms. The fraction of sp³-hybridized carbons (Fsp3) is 0.400. The Morgan fingerprint density at radius 2 is 2.05 bits per heavy atom. The van der Waals surface area contributed by atoms with Crippen LogP contribution in [0.1, 0.15) is 23.8 Å². The highest BCUT2D eigenvalue weighted by molar-refractivity contribution is 7.09. The van der Waals surface area contributed by atoms with Crippen molar-refractivity contribution in [3.8, 4) is 5.75 Å². The van der Waals surface area contributed by atoms with Gasteiger partial charge in [-0.25, -0.2) is 0 Å². The number of nitrogens with one attached hydrogen (secondary N) is 1. The highest BCUT2D eigenvalue weighted by atomic mass is 32.1. The van der Waals surface area contributed by atoms with Gasteiger partial charge in [-0.2, -0.15) is 8.78 Å². The first kappa shape index (κ1) is 15.9. The second-order valence-corrected chi connectivity index (χ2v) is 5.78. The van der Waals surface area contributed by atoms with Crippen LogP contribution in [0.3, 0.4) is 0 Å². The van der Waals surface area contributed by atoms with Gasteiger partial charge in [0.05, 0.1) is 5.51 Å². The summed E-state index contributed by atoms with van der Waals surface area (Å²) in [6.07, 6.45) is 3.74. The fourth-order valence-electron chi connectivity index (χ4n) is 1.93. The normalized spacial score (nSPS) is 12.6. The summed E-state index contributed by atoms with van der Waals surface area (Å²) >= 11 is 1.64. The summed E-state index contributed by atoms with van der Waals surface area (Å²) < 4.78 is 28.4. The Bertz CT molecular complexity index is 517. The fourth-order valence-corrected chi connectivity index (χ4v) is 2.47. The highest BCUT2D eigenvalue weighted by Gasteiger charge is 2.05. The summed E-state index contributed by atoms with van der Waals surface area (Å²) in [5.41, 5.74) is 2.94. The van der Waals surface area contributed by atoms with E-state index in [0.29, 0.717) is 6.04 Å². The minimum absolute atomic E-state index is 0.199. The quantitative estimate of drug-likeness (QED) is 0.804. The molecular formula is C15H18F2N2OS. The summed E-state index contributed by atoms with van der Waals surface area (Å²) in [5.74, 6) is 0.199. The standard InChI is InChI=1S/C15H18F2N2OS/c1-11(19-9-14-8-18-10-21-14)2-3-12-4-6-13(7-5-12)20-15(16)17/h4-8,10-11,15,19H,2-3,9H2,1H3. The average Bonchev–Trinajstić information content (AvgIpc) is 2.97. The van der Waals surface area contributed by atoms with Gasteiger partial charge in [-0.3, -0.25) is 4.98 Å². The van der Waals surface area contributed by atoms with Crippen molar-refractivity contribution < 1.29 is 13.5 Å². The molecule has 21 heavy (non-hydrogen) atoms. The van der Waals surface area contributed by atoms with Gasteiger partial charge < -0.3 is 10.1 Å². The van der Waals surface area contributed by atoms with E-state index in [1.54, 1.807) is 23.5 Å². The molecule has 1 aromatic carbocycles. The van der Waals surface area contributed by atoms with Gasteiger partial charge in [-0.05, 0) is 37.5 Å². The molecule has 2 rings (SSSR count). The molecule has 0 fully saturated rings. The van der Waals surface area contributed by atoms with E-state index in [1.165, 1.54) is 4.88 Å². The van der Waals surface area contributed by atoms with Crippen LogP contribution in [0, 0.1) is 0 Å². The second-order valence-electron chi connectivity index (χ2n) is 4.81. The van der Waals surface area contributed by atoms with Crippen molar-refractivity contribution in [3.63, 3.8) is 0 Å². The van der Waals surface area contributed by atoms with Crippen LogP contribution in [0.25, 0.3) is 0 Å². The van der Waals surface area contributed by atoms with Gasteiger partial charge in [-0.15, -0.1) is 11.3 Å². The lowest BCUT2D eigenvalue weighted by Crippen LogP contribution is -2.25.